The van der Waals surface area contributed by atoms with Crippen molar-refractivity contribution in [3.05, 3.63) is 30.1 Å². The molecule has 0 unspecified atom stereocenters. The summed E-state index contributed by atoms with van der Waals surface area (Å²) in [4.78, 5) is 25.0. The van der Waals surface area contributed by atoms with Gasteiger partial charge in [-0.3, -0.25) is 4.79 Å². The van der Waals surface area contributed by atoms with Gasteiger partial charge in [-0.25, -0.2) is 9.18 Å². The number of piperidine rings is 1. The second kappa shape index (κ2) is 7.99. The number of amides is 2. The van der Waals surface area contributed by atoms with Crippen molar-refractivity contribution < 1.29 is 23.8 Å². The Labute approximate surface area is 140 Å². The van der Waals surface area contributed by atoms with E-state index >= 15 is 0 Å². The molecule has 0 spiro atoms. The molecule has 1 heterocycles. The number of hydrogen-bond acceptors (Lipinski definition) is 3. The lowest BCUT2D eigenvalue weighted by Crippen LogP contribution is -2.53. The van der Waals surface area contributed by atoms with E-state index < -0.39 is 12.1 Å². The number of hydrogen-bond donors (Lipinski definition) is 2. The Morgan fingerprint density at radius 3 is 2.33 bits per heavy atom. The van der Waals surface area contributed by atoms with Crippen molar-refractivity contribution in [2.75, 3.05) is 13.1 Å². The van der Waals surface area contributed by atoms with Crippen LogP contribution in [0.1, 0.15) is 26.7 Å². The Kier molecular flexibility index (Phi) is 6.00. The van der Waals surface area contributed by atoms with Crippen molar-refractivity contribution in [1.29, 1.82) is 0 Å². The van der Waals surface area contributed by atoms with Gasteiger partial charge < -0.3 is 20.1 Å². The third-order valence-electron chi connectivity index (χ3n) is 4.08. The van der Waals surface area contributed by atoms with E-state index in [2.05, 4.69) is 5.32 Å². The first kappa shape index (κ1) is 18.0. The number of nitrogens with one attached hydrogen (secondary N) is 1. The molecule has 1 fully saturated rings. The number of nitrogens with zero attached hydrogens (tertiary/aromatic N) is 1. The first-order chi connectivity index (χ1) is 11.4. The van der Waals surface area contributed by atoms with Gasteiger partial charge in [-0.05, 0) is 30.2 Å². The van der Waals surface area contributed by atoms with Crippen LogP contribution in [0.2, 0.25) is 0 Å². The van der Waals surface area contributed by atoms with Crippen molar-refractivity contribution in [3.8, 4) is 5.75 Å². The first-order valence-electron chi connectivity index (χ1n) is 8.07. The minimum absolute atomic E-state index is 0.0376. The lowest BCUT2D eigenvalue weighted by Gasteiger charge is -2.35. The van der Waals surface area contributed by atoms with Crippen LogP contribution in [0, 0.1) is 11.7 Å². The first-order valence-corrected chi connectivity index (χ1v) is 8.07. The number of likely N-dealkylation sites (tertiary alicyclic amines) is 1. The van der Waals surface area contributed by atoms with Gasteiger partial charge in [0.15, 0.2) is 0 Å². The van der Waals surface area contributed by atoms with E-state index in [0.29, 0.717) is 31.7 Å². The number of rotatable bonds is 5. The molecular weight excluding hydrogens is 315 g/mol. The molecule has 2 amide bonds. The Morgan fingerprint density at radius 1 is 1.25 bits per heavy atom. The molecule has 1 atom stereocenters. The van der Waals surface area contributed by atoms with E-state index in [4.69, 9.17) is 9.84 Å². The average Bonchev–Trinajstić information content (AvgIpc) is 2.54. The standard InChI is InChI=1S/C17H23FN2O4/c1-11(2)15(19-17(22)23)16(21)20-9-7-14(8-10-20)24-13-5-3-12(18)4-6-13/h3-6,11,14-15,19H,7-10H2,1-2H3,(H,22,23)/t15-/m0/s1. The topological polar surface area (TPSA) is 78.9 Å². The van der Waals surface area contributed by atoms with E-state index in [9.17, 15) is 14.0 Å². The Balaban J connectivity index is 1.87. The van der Waals surface area contributed by atoms with E-state index in [0.717, 1.165) is 0 Å². The maximum absolute atomic E-state index is 12.9. The molecule has 1 saturated heterocycles. The highest BCUT2D eigenvalue weighted by atomic mass is 19.1. The van der Waals surface area contributed by atoms with Crippen LogP contribution in [0.25, 0.3) is 0 Å². The lowest BCUT2D eigenvalue weighted by molar-refractivity contribution is -0.136. The van der Waals surface area contributed by atoms with Crippen LogP contribution in [0.15, 0.2) is 24.3 Å². The lowest BCUT2D eigenvalue weighted by atomic mass is 10.0. The molecule has 6 nitrogen and oxygen atoms in total. The number of benzene rings is 1. The van der Waals surface area contributed by atoms with Gasteiger partial charge in [-0.1, -0.05) is 13.8 Å². The summed E-state index contributed by atoms with van der Waals surface area (Å²) in [6, 6.07) is 5.12. The van der Waals surface area contributed by atoms with Crippen LogP contribution in [-0.4, -0.2) is 47.2 Å². The second-order valence-corrected chi connectivity index (χ2v) is 6.27. The number of halogens is 1. The van der Waals surface area contributed by atoms with E-state index in [1.165, 1.54) is 12.1 Å². The molecule has 0 saturated carbocycles. The molecule has 1 aromatic carbocycles. The van der Waals surface area contributed by atoms with Gasteiger partial charge in [0, 0.05) is 25.9 Å². The SMILES string of the molecule is CC(C)[C@H](NC(=O)O)C(=O)N1CCC(Oc2ccc(F)cc2)CC1. The molecule has 1 aromatic rings. The van der Waals surface area contributed by atoms with Gasteiger partial charge in [-0.15, -0.1) is 0 Å². The third-order valence-corrected chi connectivity index (χ3v) is 4.08. The fourth-order valence-corrected chi connectivity index (χ4v) is 2.74. The summed E-state index contributed by atoms with van der Waals surface area (Å²) in [7, 11) is 0. The molecule has 24 heavy (non-hydrogen) atoms. The van der Waals surface area contributed by atoms with Gasteiger partial charge in [0.2, 0.25) is 5.91 Å². The number of carbonyl (C=O) groups excluding carboxylic acids is 1. The van der Waals surface area contributed by atoms with Crippen molar-refractivity contribution >= 4 is 12.0 Å². The van der Waals surface area contributed by atoms with Crippen LogP contribution >= 0.6 is 0 Å². The number of ether oxygens (including phenoxy) is 1. The van der Waals surface area contributed by atoms with Gasteiger partial charge in [0.1, 0.15) is 23.7 Å². The summed E-state index contributed by atoms with van der Waals surface area (Å²) >= 11 is 0. The molecule has 2 N–H and O–H groups in total. The van der Waals surface area contributed by atoms with E-state index in [-0.39, 0.29) is 23.7 Å². The van der Waals surface area contributed by atoms with Crippen LogP contribution in [0.3, 0.4) is 0 Å². The Hall–Kier alpha value is -2.31. The molecule has 1 aliphatic heterocycles. The van der Waals surface area contributed by atoms with Crippen LogP contribution in [0.4, 0.5) is 9.18 Å². The number of carbonyl (C=O) groups is 2. The van der Waals surface area contributed by atoms with Gasteiger partial charge in [-0.2, -0.15) is 0 Å². The fraction of sp³-hybridized carbons (Fsp3) is 0.529. The smallest absolute Gasteiger partial charge is 0.405 e. The second-order valence-electron chi connectivity index (χ2n) is 6.27. The number of carboxylic acid groups (broad SMARTS) is 1. The highest BCUT2D eigenvalue weighted by Crippen LogP contribution is 2.20. The summed E-state index contributed by atoms with van der Waals surface area (Å²) < 4.78 is 18.7. The van der Waals surface area contributed by atoms with Crippen molar-refractivity contribution in [2.24, 2.45) is 5.92 Å². The van der Waals surface area contributed by atoms with Gasteiger partial charge in [0.05, 0.1) is 0 Å². The summed E-state index contributed by atoms with van der Waals surface area (Å²) in [6.45, 7) is 4.64. The largest absolute Gasteiger partial charge is 0.490 e. The fourth-order valence-electron chi connectivity index (χ4n) is 2.74. The Morgan fingerprint density at radius 2 is 1.83 bits per heavy atom. The molecular formula is C17H23FN2O4. The predicted molar refractivity (Wildman–Crippen MR) is 86.4 cm³/mol. The average molecular weight is 338 g/mol. The molecule has 0 aromatic heterocycles. The van der Waals surface area contributed by atoms with Crippen LogP contribution in [0.5, 0.6) is 5.75 Å². The van der Waals surface area contributed by atoms with Gasteiger partial charge in [0.25, 0.3) is 0 Å². The minimum Gasteiger partial charge on any atom is -0.490 e. The zero-order valence-corrected chi connectivity index (χ0v) is 13.9. The predicted octanol–water partition coefficient (Wildman–Crippen LogP) is 2.49. The van der Waals surface area contributed by atoms with Crippen molar-refractivity contribution in [2.45, 2.75) is 38.8 Å². The maximum Gasteiger partial charge on any atom is 0.405 e. The summed E-state index contributed by atoms with van der Waals surface area (Å²) in [5.41, 5.74) is 0. The highest BCUT2D eigenvalue weighted by Gasteiger charge is 2.31. The third kappa shape index (κ3) is 4.84. The molecule has 7 heteroatoms. The summed E-state index contributed by atoms with van der Waals surface area (Å²) in [6.07, 6.45) is 0.0724. The minimum atomic E-state index is -1.20. The zero-order valence-electron chi connectivity index (χ0n) is 13.9. The maximum atomic E-state index is 12.9. The normalized spacial score (nSPS) is 16.8. The van der Waals surface area contributed by atoms with Crippen LogP contribution in [-0.2, 0) is 4.79 Å². The zero-order chi connectivity index (χ0) is 17.7. The summed E-state index contributed by atoms with van der Waals surface area (Å²) in [5.74, 6) is -0.0309. The quantitative estimate of drug-likeness (QED) is 0.864. The van der Waals surface area contributed by atoms with Gasteiger partial charge >= 0.3 is 6.09 Å². The molecule has 1 aliphatic rings. The van der Waals surface area contributed by atoms with E-state index in [1.807, 2.05) is 13.8 Å². The Bertz CT molecular complexity index is 568. The van der Waals surface area contributed by atoms with Crippen LogP contribution < -0.4 is 10.1 Å². The molecule has 0 radical (unpaired) electrons. The van der Waals surface area contributed by atoms with E-state index in [1.54, 1.807) is 17.0 Å². The highest BCUT2D eigenvalue weighted by molar-refractivity contribution is 5.85. The monoisotopic (exact) mass is 338 g/mol. The molecule has 0 aliphatic carbocycles. The van der Waals surface area contributed by atoms with Crippen molar-refractivity contribution in [3.63, 3.8) is 0 Å². The molecule has 132 valence electrons. The van der Waals surface area contributed by atoms with Crippen molar-refractivity contribution in [1.82, 2.24) is 10.2 Å². The summed E-state index contributed by atoms with van der Waals surface area (Å²) in [5, 5.41) is 11.2. The molecule has 2 rings (SSSR count). The molecule has 0 bridgehead atoms.